The number of allylic oxidation sites excluding steroid dienone is 1. The van der Waals surface area contributed by atoms with Crippen LogP contribution in [-0.4, -0.2) is 41.7 Å². The summed E-state index contributed by atoms with van der Waals surface area (Å²) in [5.41, 5.74) is 1.41. The van der Waals surface area contributed by atoms with Crippen LogP contribution in [0.15, 0.2) is 34.9 Å². The van der Waals surface area contributed by atoms with E-state index < -0.39 is 0 Å². The quantitative estimate of drug-likeness (QED) is 0.771. The molecule has 1 N–H and O–H groups in total. The molecular formula is C22H27N3O3S. The molecule has 1 fully saturated rings. The van der Waals surface area contributed by atoms with Gasteiger partial charge in [-0.2, -0.15) is 5.26 Å². The molecule has 29 heavy (non-hydrogen) atoms. The molecule has 2 heterocycles. The predicted octanol–water partition coefficient (Wildman–Crippen LogP) is 3.56. The van der Waals surface area contributed by atoms with Gasteiger partial charge in [0.1, 0.15) is 5.75 Å². The molecule has 2 aliphatic rings. The first-order valence-electron chi connectivity index (χ1n) is 10.1. The van der Waals surface area contributed by atoms with Crippen molar-refractivity contribution in [3.8, 4) is 11.8 Å². The molecule has 7 heteroatoms. The van der Waals surface area contributed by atoms with E-state index in [-0.39, 0.29) is 35.9 Å². The van der Waals surface area contributed by atoms with Crippen molar-refractivity contribution in [1.82, 2.24) is 10.2 Å². The fourth-order valence-electron chi connectivity index (χ4n) is 3.87. The number of carbonyl (C=O) groups is 2. The Hall–Kier alpha value is -2.46. The van der Waals surface area contributed by atoms with E-state index in [9.17, 15) is 14.9 Å². The number of likely N-dealkylation sites (tertiary alicyclic amines) is 1. The average molecular weight is 414 g/mol. The van der Waals surface area contributed by atoms with E-state index in [1.165, 1.54) is 11.8 Å². The second-order valence-corrected chi connectivity index (χ2v) is 8.37. The SMILES string of the molecule is CCOc1ccc([C@H]2CC(=O)NC(SCC(=O)N3CCCC[C@H]3C)=C2C#N)cc1. The van der Waals surface area contributed by atoms with Gasteiger partial charge in [-0.25, -0.2) is 0 Å². The van der Waals surface area contributed by atoms with Crippen LogP contribution in [0.1, 0.15) is 51.0 Å². The van der Waals surface area contributed by atoms with Crippen molar-refractivity contribution < 1.29 is 14.3 Å². The lowest BCUT2D eigenvalue weighted by Crippen LogP contribution is -2.43. The van der Waals surface area contributed by atoms with Gasteiger partial charge in [-0.1, -0.05) is 23.9 Å². The molecule has 1 saturated heterocycles. The monoisotopic (exact) mass is 413 g/mol. The molecule has 2 atom stereocenters. The highest BCUT2D eigenvalue weighted by Crippen LogP contribution is 2.36. The maximum Gasteiger partial charge on any atom is 0.233 e. The summed E-state index contributed by atoms with van der Waals surface area (Å²) >= 11 is 1.26. The highest BCUT2D eigenvalue weighted by molar-refractivity contribution is 8.03. The van der Waals surface area contributed by atoms with Crippen LogP contribution in [0.5, 0.6) is 5.75 Å². The molecule has 2 amide bonds. The number of ether oxygens (including phenoxy) is 1. The molecule has 1 aromatic carbocycles. The zero-order chi connectivity index (χ0) is 20.8. The van der Waals surface area contributed by atoms with Crippen LogP contribution in [0, 0.1) is 11.3 Å². The molecule has 154 valence electrons. The number of nitrogens with one attached hydrogen (secondary N) is 1. The van der Waals surface area contributed by atoms with Crippen LogP contribution in [0.2, 0.25) is 0 Å². The summed E-state index contributed by atoms with van der Waals surface area (Å²) in [6.45, 7) is 5.36. The number of benzene rings is 1. The highest BCUT2D eigenvalue weighted by atomic mass is 32.2. The number of hydrogen-bond acceptors (Lipinski definition) is 5. The van der Waals surface area contributed by atoms with E-state index >= 15 is 0 Å². The van der Waals surface area contributed by atoms with Crippen molar-refractivity contribution >= 4 is 23.6 Å². The molecule has 6 nitrogen and oxygen atoms in total. The number of rotatable bonds is 6. The maximum absolute atomic E-state index is 12.7. The van der Waals surface area contributed by atoms with Gasteiger partial charge < -0.3 is 15.0 Å². The predicted molar refractivity (Wildman–Crippen MR) is 113 cm³/mol. The molecule has 0 unspecified atom stereocenters. The van der Waals surface area contributed by atoms with Crippen LogP contribution in [0.3, 0.4) is 0 Å². The maximum atomic E-state index is 12.7. The van der Waals surface area contributed by atoms with E-state index in [1.807, 2.05) is 36.1 Å². The standard InChI is InChI=1S/C22H27N3O3S/c1-3-28-17-9-7-16(8-10-17)18-12-20(26)24-22(19(18)13-23)29-14-21(27)25-11-5-4-6-15(25)2/h7-10,15,18H,3-6,11-12,14H2,1-2H3,(H,24,26)/t15-,18-/m1/s1. The zero-order valence-corrected chi connectivity index (χ0v) is 17.8. The third-order valence-electron chi connectivity index (χ3n) is 5.41. The van der Waals surface area contributed by atoms with Crippen molar-refractivity contribution in [1.29, 1.82) is 5.26 Å². The first-order valence-corrected chi connectivity index (χ1v) is 11.1. The lowest BCUT2D eigenvalue weighted by Gasteiger charge is -2.33. The van der Waals surface area contributed by atoms with Crippen LogP contribution < -0.4 is 10.1 Å². The third-order valence-corrected chi connectivity index (χ3v) is 6.41. The zero-order valence-electron chi connectivity index (χ0n) is 16.9. The van der Waals surface area contributed by atoms with Gasteiger partial charge in [0.2, 0.25) is 11.8 Å². The summed E-state index contributed by atoms with van der Waals surface area (Å²) in [6.07, 6.45) is 3.43. The summed E-state index contributed by atoms with van der Waals surface area (Å²) < 4.78 is 5.47. The molecule has 0 bridgehead atoms. The molecule has 0 spiro atoms. The second kappa shape index (κ2) is 9.84. The van der Waals surface area contributed by atoms with Gasteiger partial charge in [0.25, 0.3) is 0 Å². The molecule has 1 aromatic rings. The number of piperidine rings is 1. The van der Waals surface area contributed by atoms with Gasteiger partial charge in [0.15, 0.2) is 0 Å². The van der Waals surface area contributed by atoms with Crippen LogP contribution in [0.4, 0.5) is 0 Å². The first kappa shape index (κ1) is 21.3. The van der Waals surface area contributed by atoms with Crippen LogP contribution in [0.25, 0.3) is 0 Å². The Balaban J connectivity index is 1.75. The third kappa shape index (κ3) is 5.13. The van der Waals surface area contributed by atoms with Gasteiger partial charge >= 0.3 is 0 Å². The lowest BCUT2D eigenvalue weighted by molar-refractivity contribution is -0.131. The average Bonchev–Trinajstić information content (AvgIpc) is 2.72. The van der Waals surface area contributed by atoms with Crippen molar-refractivity contribution in [2.45, 2.75) is 51.5 Å². The number of nitriles is 1. The number of thioether (sulfide) groups is 1. The summed E-state index contributed by atoms with van der Waals surface area (Å²) in [7, 11) is 0. The van der Waals surface area contributed by atoms with Gasteiger partial charge in [0, 0.05) is 24.9 Å². The Kier molecular flexibility index (Phi) is 7.21. The summed E-state index contributed by atoms with van der Waals surface area (Å²) in [6, 6.07) is 10.0. The van der Waals surface area contributed by atoms with E-state index in [2.05, 4.69) is 18.3 Å². The van der Waals surface area contributed by atoms with Gasteiger partial charge in [-0.15, -0.1) is 0 Å². The minimum Gasteiger partial charge on any atom is -0.494 e. The van der Waals surface area contributed by atoms with E-state index in [1.54, 1.807) is 0 Å². The highest BCUT2D eigenvalue weighted by Gasteiger charge is 2.31. The topological polar surface area (TPSA) is 82.4 Å². The minimum atomic E-state index is -0.309. The van der Waals surface area contributed by atoms with Crippen LogP contribution >= 0.6 is 11.8 Å². The molecule has 0 aromatic heterocycles. The van der Waals surface area contributed by atoms with Crippen molar-refractivity contribution in [2.24, 2.45) is 0 Å². The Morgan fingerprint density at radius 1 is 1.34 bits per heavy atom. The van der Waals surface area contributed by atoms with E-state index in [0.717, 1.165) is 37.1 Å². The number of amides is 2. The van der Waals surface area contributed by atoms with Gasteiger partial charge in [-0.05, 0) is 50.8 Å². The summed E-state index contributed by atoms with van der Waals surface area (Å²) in [4.78, 5) is 26.9. The van der Waals surface area contributed by atoms with Gasteiger partial charge in [-0.3, -0.25) is 9.59 Å². The smallest absolute Gasteiger partial charge is 0.233 e. The summed E-state index contributed by atoms with van der Waals surface area (Å²) in [5, 5.41) is 13.1. The second-order valence-electron chi connectivity index (χ2n) is 7.38. The van der Waals surface area contributed by atoms with E-state index in [0.29, 0.717) is 17.2 Å². The van der Waals surface area contributed by atoms with Crippen LogP contribution in [-0.2, 0) is 9.59 Å². The van der Waals surface area contributed by atoms with Crippen molar-refractivity contribution in [3.63, 3.8) is 0 Å². The first-order chi connectivity index (χ1) is 14.0. The minimum absolute atomic E-state index is 0.0597. The van der Waals surface area contributed by atoms with Crippen molar-refractivity contribution in [2.75, 3.05) is 18.9 Å². The molecular weight excluding hydrogens is 386 g/mol. The molecule has 0 saturated carbocycles. The fraction of sp³-hybridized carbons (Fsp3) is 0.500. The molecule has 0 aliphatic carbocycles. The van der Waals surface area contributed by atoms with Crippen molar-refractivity contribution in [3.05, 3.63) is 40.4 Å². The number of hydrogen-bond donors (Lipinski definition) is 1. The Labute approximate surface area is 176 Å². The Morgan fingerprint density at radius 2 is 2.10 bits per heavy atom. The molecule has 0 radical (unpaired) electrons. The largest absolute Gasteiger partial charge is 0.494 e. The Bertz CT molecular complexity index is 829. The normalized spacial score (nSPS) is 22.1. The van der Waals surface area contributed by atoms with Gasteiger partial charge in [0.05, 0.1) is 29.0 Å². The number of carbonyl (C=O) groups excluding carboxylic acids is 2. The fourth-order valence-corrected chi connectivity index (χ4v) is 4.83. The number of nitrogens with zero attached hydrogens (tertiary/aromatic N) is 2. The Morgan fingerprint density at radius 3 is 2.76 bits per heavy atom. The van der Waals surface area contributed by atoms with E-state index in [4.69, 9.17) is 4.74 Å². The molecule has 2 aliphatic heterocycles. The summed E-state index contributed by atoms with van der Waals surface area (Å²) in [5.74, 6) is 0.598. The lowest BCUT2D eigenvalue weighted by atomic mass is 9.87. The molecule has 3 rings (SSSR count).